The predicted molar refractivity (Wildman–Crippen MR) is 76.6 cm³/mol. The van der Waals surface area contributed by atoms with Crippen LogP contribution in [0.1, 0.15) is 0 Å². The van der Waals surface area contributed by atoms with Crippen molar-refractivity contribution in [1.82, 2.24) is 9.80 Å². The quantitative estimate of drug-likeness (QED) is 0.483. The van der Waals surface area contributed by atoms with E-state index in [4.69, 9.17) is 16.3 Å². The van der Waals surface area contributed by atoms with Crippen LogP contribution in [-0.2, 0) is 0 Å². The minimum Gasteiger partial charge on any atom is -0.492 e. The number of hydrogen-bond acceptors (Lipinski definition) is 2. The third-order valence-corrected chi connectivity index (χ3v) is 2.61. The highest BCUT2D eigenvalue weighted by atomic mass is 35.5. The van der Waals surface area contributed by atoms with E-state index in [0.29, 0.717) is 18.9 Å². The predicted octanol–water partition coefficient (Wildman–Crippen LogP) is 2.34. The number of aliphatic imine (C=N–C) groups is 1. The largest absolute Gasteiger partial charge is 0.492 e. The van der Waals surface area contributed by atoms with E-state index in [0.717, 1.165) is 5.96 Å². The zero-order chi connectivity index (χ0) is 14.4. The van der Waals surface area contributed by atoms with Gasteiger partial charge in [0.2, 0.25) is 0 Å². The maximum atomic E-state index is 13.2. The molecule has 1 aromatic carbocycles. The number of benzene rings is 1. The molecule has 0 saturated heterocycles. The molecule has 0 N–H and O–H groups in total. The average molecular weight is 288 g/mol. The van der Waals surface area contributed by atoms with Crippen molar-refractivity contribution in [2.24, 2.45) is 4.99 Å². The van der Waals surface area contributed by atoms with Gasteiger partial charge in [0.15, 0.2) is 5.96 Å². The van der Waals surface area contributed by atoms with E-state index in [1.54, 1.807) is 6.07 Å². The van der Waals surface area contributed by atoms with Crippen LogP contribution in [-0.4, -0.2) is 57.1 Å². The molecule has 106 valence electrons. The first-order valence-electron chi connectivity index (χ1n) is 5.88. The Kier molecular flexibility index (Phi) is 5.89. The third kappa shape index (κ3) is 4.95. The van der Waals surface area contributed by atoms with Crippen molar-refractivity contribution in [1.29, 1.82) is 0 Å². The Morgan fingerprint density at radius 1 is 1.26 bits per heavy atom. The number of guanidine groups is 1. The minimum absolute atomic E-state index is 0.0906. The number of nitrogens with zero attached hydrogens (tertiary/aromatic N) is 3. The van der Waals surface area contributed by atoms with Crippen LogP contribution in [0, 0.1) is 5.82 Å². The van der Waals surface area contributed by atoms with Gasteiger partial charge >= 0.3 is 0 Å². The summed E-state index contributed by atoms with van der Waals surface area (Å²) >= 11 is 5.59. The highest BCUT2D eigenvalue weighted by molar-refractivity contribution is 6.30. The van der Waals surface area contributed by atoms with Crippen molar-refractivity contribution in [3.8, 4) is 5.75 Å². The van der Waals surface area contributed by atoms with Crippen LogP contribution in [0.2, 0.25) is 5.02 Å². The Morgan fingerprint density at radius 3 is 2.42 bits per heavy atom. The van der Waals surface area contributed by atoms with Gasteiger partial charge in [-0.05, 0) is 12.1 Å². The first-order valence-corrected chi connectivity index (χ1v) is 6.26. The van der Waals surface area contributed by atoms with Gasteiger partial charge in [0.05, 0.1) is 11.6 Å². The monoisotopic (exact) mass is 287 g/mol. The highest BCUT2D eigenvalue weighted by Gasteiger charge is 2.04. The molecular weight excluding hydrogens is 269 g/mol. The molecule has 0 amide bonds. The standard InChI is InChI=1S/C13H19ClFN3O/c1-17(2)13(18(3)4)16-7-8-19-10-5-6-11(14)12(15)9-10/h5-6,9H,7-8H2,1-4H3. The molecule has 0 aliphatic rings. The second kappa shape index (κ2) is 7.19. The lowest BCUT2D eigenvalue weighted by Crippen LogP contribution is -2.35. The molecule has 0 heterocycles. The van der Waals surface area contributed by atoms with Crippen LogP contribution in [0.25, 0.3) is 0 Å². The van der Waals surface area contributed by atoms with Crippen LogP contribution in [0.5, 0.6) is 5.75 Å². The molecule has 0 aromatic heterocycles. The lowest BCUT2D eigenvalue weighted by Gasteiger charge is -2.22. The maximum absolute atomic E-state index is 13.2. The van der Waals surface area contributed by atoms with Crippen LogP contribution in [0.15, 0.2) is 23.2 Å². The van der Waals surface area contributed by atoms with Gasteiger partial charge in [0, 0.05) is 34.3 Å². The van der Waals surface area contributed by atoms with Gasteiger partial charge in [-0.25, -0.2) is 9.38 Å². The van der Waals surface area contributed by atoms with E-state index < -0.39 is 5.82 Å². The molecule has 4 nitrogen and oxygen atoms in total. The summed E-state index contributed by atoms with van der Waals surface area (Å²) in [5.74, 6) is 0.823. The van der Waals surface area contributed by atoms with Crippen LogP contribution in [0.4, 0.5) is 4.39 Å². The van der Waals surface area contributed by atoms with Gasteiger partial charge in [-0.2, -0.15) is 0 Å². The van der Waals surface area contributed by atoms with E-state index in [1.165, 1.54) is 12.1 Å². The van der Waals surface area contributed by atoms with Gasteiger partial charge < -0.3 is 14.5 Å². The smallest absolute Gasteiger partial charge is 0.195 e. The SMILES string of the molecule is CN(C)C(=NCCOc1ccc(Cl)c(F)c1)N(C)C. The third-order valence-electron chi connectivity index (χ3n) is 2.30. The van der Waals surface area contributed by atoms with Crippen molar-refractivity contribution < 1.29 is 9.13 Å². The summed E-state index contributed by atoms with van der Waals surface area (Å²) < 4.78 is 18.6. The van der Waals surface area contributed by atoms with E-state index in [-0.39, 0.29) is 5.02 Å². The fourth-order valence-corrected chi connectivity index (χ4v) is 1.68. The minimum atomic E-state index is -0.482. The van der Waals surface area contributed by atoms with E-state index in [9.17, 15) is 4.39 Å². The molecule has 0 spiro atoms. The molecule has 19 heavy (non-hydrogen) atoms. The van der Waals surface area contributed by atoms with Crippen molar-refractivity contribution in [2.45, 2.75) is 0 Å². The van der Waals surface area contributed by atoms with Crippen LogP contribution < -0.4 is 4.74 Å². The van der Waals surface area contributed by atoms with E-state index in [2.05, 4.69) is 4.99 Å². The molecule has 6 heteroatoms. The summed E-state index contributed by atoms with van der Waals surface area (Å²) in [6.07, 6.45) is 0. The van der Waals surface area contributed by atoms with Crippen LogP contribution in [0.3, 0.4) is 0 Å². The number of halogens is 2. The Hall–Kier alpha value is -1.49. The zero-order valence-corrected chi connectivity index (χ0v) is 12.4. The Morgan fingerprint density at radius 2 is 1.89 bits per heavy atom. The van der Waals surface area contributed by atoms with Gasteiger partial charge in [-0.3, -0.25) is 0 Å². The van der Waals surface area contributed by atoms with Crippen molar-refractivity contribution >= 4 is 17.6 Å². The average Bonchev–Trinajstić information content (AvgIpc) is 2.32. The molecule has 0 aliphatic carbocycles. The Labute approximate surface area is 118 Å². The summed E-state index contributed by atoms with van der Waals surface area (Å²) in [6, 6.07) is 4.37. The zero-order valence-electron chi connectivity index (χ0n) is 11.7. The molecule has 0 radical (unpaired) electrons. The van der Waals surface area contributed by atoms with Gasteiger partial charge in [-0.15, -0.1) is 0 Å². The fourth-order valence-electron chi connectivity index (χ4n) is 1.56. The second-order valence-electron chi connectivity index (χ2n) is 4.39. The normalized spacial score (nSPS) is 10.0. The molecule has 0 bridgehead atoms. The summed E-state index contributed by atoms with van der Waals surface area (Å²) in [4.78, 5) is 8.24. The molecule has 1 aromatic rings. The van der Waals surface area contributed by atoms with E-state index >= 15 is 0 Å². The van der Waals surface area contributed by atoms with Crippen molar-refractivity contribution in [3.05, 3.63) is 29.0 Å². The second-order valence-corrected chi connectivity index (χ2v) is 4.80. The lowest BCUT2D eigenvalue weighted by molar-refractivity contribution is 0.325. The first kappa shape index (κ1) is 15.6. The van der Waals surface area contributed by atoms with Gasteiger partial charge in [0.1, 0.15) is 18.2 Å². The lowest BCUT2D eigenvalue weighted by atomic mass is 10.3. The van der Waals surface area contributed by atoms with Crippen LogP contribution >= 0.6 is 11.6 Å². The fraction of sp³-hybridized carbons (Fsp3) is 0.462. The summed E-state index contributed by atoms with van der Waals surface area (Å²) in [5.41, 5.74) is 0. The highest BCUT2D eigenvalue weighted by Crippen LogP contribution is 2.20. The number of rotatable bonds is 4. The topological polar surface area (TPSA) is 28.1 Å². The maximum Gasteiger partial charge on any atom is 0.195 e. The molecule has 0 unspecified atom stereocenters. The van der Waals surface area contributed by atoms with E-state index in [1.807, 2.05) is 38.0 Å². The molecule has 0 fully saturated rings. The summed E-state index contributed by atoms with van der Waals surface area (Å²) in [7, 11) is 7.70. The molecular formula is C13H19ClFN3O. The molecule has 0 aliphatic heterocycles. The van der Waals surface area contributed by atoms with Crippen molar-refractivity contribution in [2.75, 3.05) is 41.3 Å². The molecule has 0 saturated carbocycles. The van der Waals surface area contributed by atoms with Gasteiger partial charge in [0.25, 0.3) is 0 Å². The Bertz CT molecular complexity index is 440. The number of ether oxygens (including phenoxy) is 1. The Balaban J connectivity index is 2.49. The molecule has 1 rings (SSSR count). The summed E-state index contributed by atoms with van der Waals surface area (Å²) in [6.45, 7) is 0.877. The van der Waals surface area contributed by atoms with Gasteiger partial charge in [-0.1, -0.05) is 11.6 Å². The molecule has 0 atom stereocenters. The summed E-state index contributed by atoms with van der Waals surface area (Å²) in [5, 5.41) is 0.0906. The van der Waals surface area contributed by atoms with Crippen molar-refractivity contribution in [3.63, 3.8) is 0 Å². The number of hydrogen-bond donors (Lipinski definition) is 0. The first-order chi connectivity index (χ1) is 8.91.